The maximum Gasteiger partial charge on any atom is 2.00 e. The molecule has 0 fully saturated rings. The van der Waals surface area contributed by atoms with Gasteiger partial charge in [0.25, 0.3) is 0 Å². The maximum atomic E-state index is 8.49. The fraction of sp³-hybridized carbons (Fsp3) is 0. The van der Waals surface area contributed by atoms with Crippen molar-refractivity contribution in [1.82, 2.24) is 44.9 Å². The predicted octanol–water partition coefficient (Wildman–Crippen LogP) is -0.267. The van der Waals surface area contributed by atoms with Crippen LogP contribution in [0.4, 0.5) is 23.3 Å². The third kappa shape index (κ3) is 14.8. The van der Waals surface area contributed by atoms with Crippen LogP contribution in [0.3, 0.4) is 0 Å². The third-order valence-electron chi connectivity index (χ3n) is 8.08. The van der Waals surface area contributed by atoms with E-state index in [1.165, 1.54) is 0 Å². The topological polar surface area (TPSA) is 330 Å². The van der Waals surface area contributed by atoms with Crippen LogP contribution in [0.5, 0.6) is 0 Å². The molecule has 63 heavy (non-hydrogen) atoms. The van der Waals surface area contributed by atoms with Gasteiger partial charge in [-0.15, -0.1) is 20.5 Å². The molecule has 320 valence electrons. The van der Waals surface area contributed by atoms with Crippen LogP contribution >= 0.6 is 0 Å². The number of hydrogen-bond donors (Lipinski definition) is 4. The minimum Gasteiger partial charge on any atom is -0.360 e. The minimum atomic E-state index is -4.94. The van der Waals surface area contributed by atoms with Crippen molar-refractivity contribution in [2.75, 3.05) is 10.6 Å². The summed E-state index contributed by atoms with van der Waals surface area (Å²) in [6, 6.07) is 39.1. The Balaban J connectivity index is 0.000000171. The second kappa shape index (κ2) is 22.4. The minimum absolute atomic E-state index is 0. The van der Waals surface area contributed by atoms with Gasteiger partial charge in [-0.2, -0.15) is 0 Å². The number of nitrogens with one attached hydrogen (secondary N) is 4. The van der Waals surface area contributed by atoms with Crippen molar-refractivity contribution in [3.05, 3.63) is 165 Å². The predicted molar refractivity (Wildman–Crippen MR) is 208 cm³/mol. The molecule has 0 saturated carbocycles. The van der Waals surface area contributed by atoms with E-state index in [-0.39, 0.29) is 19.5 Å². The molecule has 19 nitrogen and oxygen atoms in total. The maximum absolute atomic E-state index is 8.49. The van der Waals surface area contributed by atoms with Crippen LogP contribution in [0.25, 0.3) is 55.1 Å². The number of anilines is 4. The molecule has 0 amide bonds. The molecule has 10 aromatic rings. The van der Waals surface area contributed by atoms with Crippen LogP contribution in [0, 0.1) is 20.5 Å². The van der Waals surface area contributed by atoms with Crippen molar-refractivity contribution in [2.24, 2.45) is 0 Å². The van der Waals surface area contributed by atoms with Gasteiger partial charge in [-0.25, -0.2) is 62.2 Å². The standard InChI is InChI=1S/C21H13N5.2C10H9N3.2ClHO4.Ru/c1-2-8-16-12(5-1)15(11-24-16)21-25-19-13-6-3-9-22-17(13)18-14(20(19)26-21)7-4-10-23-18;2*1-3-7-11-9(5-1)13-10-6-2-4-8-12-10;2*2-1(3,4)5;/h1-11,24H,(H,25,26);2*1-8H,(H,11,12,13);2*(H,2,3,4,5);/q;;;;;+2/p-2. The first-order valence-corrected chi connectivity index (χ1v) is 20.3. The van der Waals surface area contributed by atoms with E-state index in [0.29, 0.717) is 0 Å². The average molecular weight is 978 g/mol. The molecular weight excluding hydrogens is 946 g/mol. The summed E-state index contributed by atoms with van der Waals surface area (Å²) >= 11 is 0. The number of imidazole rings is 1. The summed E-state index contributed by atoms with van der Waals surface area (Å²) in [4.78, 5) is 37.4. The number of halogens is 2. The van der Waals surface area contributed by atoms with Crippen molar-refractivity contribution in [3.63, 3.8) is 0 Å². The number of benzene rings is 2. The van der Waals surface area contributed by atoms with Gasteiger partial charge in [0.15, 0.2) is 0 Å². The van der Waals surface area contributed by atoms with E-state index in [9.17, 15) is 0 Å². The van der Waals surface area contributed by atoms with E-state index < -0.39 is 20.5 Å². The van der Waals surface area contributed by atoms with Crippen molar-refractivity contribution < 1.29 is 77.2 Å². The Bertz CT molecular complexity index is 2680. The quantitative estimate of drug-likeness (QED) is 0.127. The van der Waals surface area contributed by atoms with E-state index >= 15 is 0 Å². The fourth-order valence-electron chi connectivity index (χ4n) is 5.75. The Hall–Kier alpha value is -6.65. The molecule has 0 aliphatic carbocycles. The van der Waals surface area contributed by atoms with E-state index in [0.717, 1.165) is 78.4 Å². The van der Waals surface area contributed by atoms with Crippen LogP contribution in [0.15, 0.2) is 165 Å². The van der Waals surface area contributed by atoms with Gasteiger partial charge in [-0.05, 0) is 78.9 Å². The Morgan fingerprint density at radius 3 is 1.24 bits per heavy atom. The summed E-state index contributed by atoms with van der Waals surface area (Å²) in [6.45, 7) is 0. The van der Waals surface area contributed by atoms with Gasteiger partial charge in [0.05, 0.1) is 22.1 Å². The number of aromatic amines is 2. The molecule has 0 atom stereocenters. The first kappa shape index (κ1) is 47.4. The first-order chi connectivity index (χ1) is 29.8. The molecule has 8 heterocycles. The normalized spacial score (nSPS) is 10.7. The smallest absolute Gasteiger partial charge is 0.360 e. The zero-order chi connectivity index (χ0) is 44.0. The average Bonchev–Trinajstić information content (AvgIpc) is 3.90. The number of nitrogens with zero attached hydrogens (tertiary/aromatic N) is 7. The summed E-state index contributed by atoms with van der Waals surface area (Å²) < 4.78 is 67.9. The van der Waals surface area contributed by atoms with Crippen LogP contribution < -0.4 is 47.9 Å². The molecule has 22 heteroatoms. The Labute approximate surface area is 374 Å². The molecule has 2 aromatic carbocycles. The zero-order valence-electron chi connectivity index (χ0n) is 32.1. The molecule has 0 saturated heterocycles. The van der Waals surface area contributed by atoms with Crippen LogP contribution in [-0.4, -0.2) is 44.9 Å². The molecule has 4 N–H and O–H groups in total. The first-order valence-electron chi connectivity index (χ1n) is 17.8. The number of hydrogen-bond acceptors (Lipinski definition) is 17. The molecule has 0 spiro atoms. The number of fused-ring (bicyclic) bond motifs is 7. The molecule has 0 unspecified atom stereocenters. The van der Waals surface area contributed by atoms with Crippen molar-refractivity contribution in [2.45, 2.75) is 0 Å². The molecule has 0 bridgehead atoms. The summed E-state index contributed by atoms with van der Waals surface area (Å²) in [6.07, 6.45) is 12.6. The SMILES string of the molecule is [O-][Cl+3]([O-])([O-])[O-].[O-][Cl+3]([O-])([O-])[O-].[Ru+2].c1ccc(Nc2ccccn2)nc1.c1ccc(Nc2ccccn2)nc1.c1ccc2c(-c3nc4c5cccnc5c5ncccc5c4[nH]3)c[nH]c2c1. The Morgan fingerprint density at radius 2 is 0.794 bits per heavy atom. The van der Waals surface area contributed by atoms with Gasteiger partial charge in [0, 0.05) is 70.6 Å². The molecule has 0 aliphatic heterocycles. The molecular formula is C41H31Cl2N11O8Ru. The van der Waals surface area contributed by atoms with Crippen LogP contribution in [0.1, 0.15) is 0 Å². The van der Waals surface area contributed by atoms with Gasteiger partial charge in [-0.3, -0.25) is 9.97 Å². The zero-order valence-corrected chi connectivity index (χ0v) is 35.3. The van der Waals surface area contributed by atoms with Gasteiger partial charge in [0.1, 0.15) is 29.1 Å². The van der Waals surface area contributed by atoms with Gasteiger partial charge >= 0.3 is 19.5 Å². The summed E-state index contributed by atoms with van der Waals surface area (Å²) in [7, 11) is -9.89. The monoisotopic (exact) mass is 977 g/mol. The fourth-order valence-corrected chi connectivity index (χ4v) is 5.75. The molecule has 10 rings (SSSR count). The Kier molecular flexibility index (Phi) is 16.9. The second-order valence-corrected chi connectivity index (χ2v) is 13.7. The molecule has 0 aliphatic rings. The second-order valence-electron chi connectivity index (χ2n) is 12.2. The van der Waals surface area contributed by atoms with Crippen molar-refractivity contribution in [1.29, 1.82) is 0 Å². The summed E-state index contributed by atoms with van der Waals surface area (Å²) in [5, 5.41) is 9.36. The Morgan fingerprint density at radius 1 is 0.413 bits per heavy atom. The summed E-state index contributed by atoms with van der Waals surface area (Å²) in [5.41, 5.74) is 5.85. The number of pyridine rings is 6. The number of rotatable bonds is 5. The number of H-pyrrole nitrogens is 2. The van der Waals surface area contributed by atoms with Gasteiger partial charge in [0.2, 0.25) is 0 Å². The van der Waals surface area contributed by atoms with Crippen molar-refractivity contribution in [3.8, 4) is 11.4 Å². The molecule has 0 radical (unpaired) electrons. The number of para-hydroxylation sites is 1. The van der Waals surface area contributed by atoms with Crippen molar-refractivity contribution >= 4 is 67.0 Å². The third-order valence-corrected chi connectivity index (χ3v) is 8.08. The van der Waals surface area contributed by atoms with E-state index in [4.69, 9.17) is 42.3 Å². The van der Waals surface area contributed by atoms with E-state index in [1.807, 2.05) is 103 Å². The summed E-state index contributed by atoms with van der Waals surface area (Å²) in [5.74, 6) is 4.07. The van der Waals surface area contributed by atoms with E-state index in [2.05, 4.69) is 74.8 Å². The van der Waals surface area contributed by atoms with E-state index in [1.54, 1.807) is 37.2 Å². The molecule has 8 aromatic heterocycles. The number of aromatic nitrogens is 9. The van der Waals surface area contributed by atoms with Gasteiger partial charge < -0.3 is 20.6 Å². The van der Waals surface area contributed by atoms with Gasteiger partial charge in [-0.1, -0.05) is 42.5 Å². The largest absolute Gasteiger partial charge is 2.00 e. The van der Waals surface area contributed by atoms with Crippen LogP contribution in [0.2, 0.25) is 0 Å². The van der Waals surface area contributed by atoms with Crippen LogP contribution in [-0.2, 0) is 19.5 Å².